The standard InChI is InChI=1S/C35H39NO5/c1-39-33(37)30(36-34(38)35-19-27-14-28(20-35)16-29(15-27)21-35)17-26-12-13-31(40-22-24-8-4-2-5-9-24)32(18-26)41-23-25-10-6-3-7-11-25/h2-13,18,27-30H,14-17,19-23H2,1H3,(H,36,38)/t27?,28?,29?,30-,35?/m1/s1. The van der Waals surface area contributed by atoms with Crippen LogP contribution in [-0.4, -0.2) is 25.0 Å². The summed E-state index contributed by atoms with van der Waals surface area (Å²) in [4.78, 5) is 26.7. The van der Waals surface area contributed by atoms with Crippen LogP contribution in [0.1, 0.15) is 55.2 Å². The molecule has 0 saturated heterocycles. The minimum Gasteiger partial charge on any atom is -0.485 e. The molecule has 1 amide bonds. The van der Waals surface area contributed by atoms with Crippen LogP contribution in [0.3, 0.4) is 0 Å². The summed E-state index contributed by atoms with van der Waals surface area (Å²) in [5.74, 6) is 2.76. The van der Waals surface area contributed by atoms with Gasteiger partial charge in [-0.05, 0) is 85.1 Å². The third-order valence-electron chi connectivity index (χ3n) is 9.23. The van der Waals surface area contributed by atoms with Gasteiger partial charge >= 0.3 is 5.97 Å². The Hall–Kier alpha value is -3.80. The van der Waals surface area contributed by atoms with E-state index in [4.69, 9.17) is 14.2 Å². The van der Waals surface area contributed by atoms with Crippen LogP contribution in [0.5, 0.6) is 11.5 Å². The number of esters is 1. The molecular formula is C35H39NO5. The Morgan fingerprint density at radius 3 is 1.83 bits per heavy atom. The summed E-state index contributed by atoms with van der Waals surface area (Å²) in [6, 6.07) is 24.9. The molecule has 0 aromatic heterocycles. The molecule has 4 fully saturated rings. The number of nitrogens with one attached hydrogen (secondary N) is 1. The average Bonchev–Trinajstić information content (AvgIpc) is 2.99. The van der Waals surface area contributed by atoms with Crippen molar-refractivity contribution in [2.24, 2.45) is 23.2 Å². The van der Waals surface area contributed by atoms with Crippen LogP contribution in [0.15, 0.2) is 78.9 Å². The lowest BCUT2D eigenvalue weighted by molar-refractivity contribution is -0.152. The molecule has 4 aliphatic carbocycles. The van der Waals surface area contributed by atoms with E-state index in [1.165, 1.54) is 26.4 Å². The van der Waals surface area contributed by atoms with Crippen LogP contribution in [0.4, 0.5) is 0 Å². The molecule has 3 aromatic carbocycles. The van der Waals surface area contributed by atoms with E-state index < -0.39 is 12.0 Å². The third kappa shape index (κ3) is 6.27. The monoisotopic (exact) mass is 553 g/mol. The fourth-order valence-corrected chi connectivity index (χ4v) is 7.65. The number of carbonyl (C=O) groups excluding carboxylic acids is 2. The quantitative estimate of drug-likeness (QED) is 0.284. The molecule has 0 heterocycles. The van der Waals surface area contributed by atoms with Crippen LogP contribution in [0.25, 0.3) is 0 Å². The van der Waals surface area contributed by atoms with Crippen molar-refractivity contribution in [1.29, 1.82) is 0 Å². The zero-order valence-electron chi connectivity index (χ0n) is 23.7. The van der Waals surface area contributed by atoms with E-state index >= 15 is 0 Å². The Balaban J connectivity index is 1.19. The molecule has 214 valence electrons. The van der Waals surface area contributed by atoms with Gasteiger partial charge in [0.2, 0.25) is 5.91 Å². The summed E-state index contributed by atoms with van der Waals surface area (Å²) in [6.07, 6.45) is 6.94. The molecule has 0 radical (unpaired) electrons. The van der Waals surface area contributed by atoms with Crippen LogP contribution >= 0.6 is 0 Å². The lowest BCUT2D eigenvalue weighted by atomic mass is 9.49. The molecule has 4 aliphatic rings. The Labute approximate surface area is 242 Å². The van der Waals surface area contributed by atoms with Gasteiger partial charge in [0.15, 0.2) is 11.5 Å². The first kappa shape index (κ1) is 27.4. The molecule has 0 unspecified atom stereocenters. The molecule has 7 rings (SSSR count). The van der Waals surface area contributed by atoms with Crippen molar-refractivity contribution in [2.75, 3.05) is 7.11 Å². The van der Waals surface area contributed by atoms with Gasteiger partial charge in [0.05, 0.1) is 7.11 Å². The van der Waals surface area contributed by atoms with Gasteiger partial charge in [-0.1, -0.05) is 66.7 Å². The highest BCUT2D eigenvalue weighted by Gasteiger charge is 2.55. The maximum atomic E-state index is 13.8. The fourth-order valence-electron chi connectivity index (χ4n) is 7.65. The number of amides is 1. The van der Waals surface area contributed by atoms with Gasteiger partial charge in [0, 0.05) is 11.8 Å². The molecule has 3 aromatic rings. The summed E-state index contributed by atoms with van der Waals surface area (Å²) in [6.45, 7) is 0.795. The highest BCUT2D eigenvalue weighted by atomic mass is 16.5. The summed E-state index contributed by atoms with van der Waals surface area (Å²) in [7, 11) is 1.38. The van der Waals surface area contributed by atoms with Gasteiger partial charge < -0.3 is 19.5 Å². The first-order valence-electron chi connectivity index (χ1n) is 14.8. The van der Waals surface area contributed by atoms with E-state index in [1.54, 1.807) is 0 Å². The van der Waals surface area contributed by atoms with Gasteiger partial charge in [-0.3, -0.25) is 4.79 Å². The van der Waals surface area contributed by atoms with Crippen molar-refractivity contribution < 1.29 is 23.8 Å². The predicted molar refractivity (Wildman–Crippen MR) is 156 cm³/mol. The van der Waals surface area contributed by atoms with Crippen LogP contribution < -0.4 is 14.8 Å². The van der Waals surface area contributed by atoms with Gasteiger partial charge in [-0.15, -0.1) is 0 Å². The summed E-state index contributed by atoms with van der Waals surface area (Å²) >= 11 is 0. The van der Waals surface area contributed by atoms with Crippen molar-refractivity contribution >= 4 is 11.9 Å². The lowest BCUT2D eigenvalue weighted by Gasteiger charge is -2.55. The zero-order valence-corrected chi connectivity index (χ0v) is 23.7. The zero-order chi connectivity index (χ0) is 28.2. The fraction of sp³-hybridized carbons (Fsp3) is 0.429. The number of hydrogen-bond donors (Lipinski definition) is 1. The molecular weight excluding hydrogens is 514 g/mol. The summed E-state index contributed by atoms with van der Waals surface area (Å²) in [5, 5.41) is 3.13. The maximum absolute atomic E-state index is 13.8. The smallest absolute Gasteiger partial charge is 0.328 e. The second-order valence-electron chi connectivity index (χ2n) is 12.3. The van der Waals surface area contributed by atoms with Gasteiger partial charge in [-0.2, -0.15) is 0 Å². The van der Waals surface area contributed by atoms with Gasteiger partial charge in [0.1, 0.15) is 19.3 Å². The highest BCUT2D eigenvalue weighted by Crippen LogP contribution is 2.60. The van der Waals surface area contributed by atoms with Crippen LogP contribution in [0, 0.1) is 23.2 Å². The third-order valence-corrected chi connectivity index (χ3v) is 9.23. The van der Waals surface area contributed by atoms with E-state index in [1.807, 2.05) is 78.9 Å². The molecule has 0 spiro atoms. The SMILES string of the molecule is COC(=O)[C@@H](Cc1ccc(OCc2ccccc2)c(OCc2ccccc2)c1)NC(=O)C12CC3CC(CC(C3)C1)C2. The lowest BCUT2D eigenvalue weighted by Crippen LogP contribution is -2.56. The Morgan fingerprint density at radius 1 is 0.756 bits per heavy atom. The minimum absolute atomic E-state index is 0.0235. The van der Waals surface area contributed by atoms with Crippen molar-refractivity contribution in [3.63, 3.8) is 0 Å². The minimum atomic E-state index is -0.765. The van der Waals surface area contributed by atoms with Crippen LogP contribution in [-0.2, 0) is 34.0 Å². The summed E-state index contributed by atoms with van der Waals surface area (Å²) in [5.41, 5.74) is 2.63. The van der Waals surface area contributed by atoms with Crippen molar-refractivity contribution in [3.05, 3.63) is 95.6 Å². The van der Waals surface area contributed by atoms with Crippen molar-refractivity contribution in [2.45, 2.75) is 64.2 Å². The normalized spacial score (nSPS) is 24.9. The molecule has 41 heavy (non-hydrogen) atoms. The van der Waals surface area contributed by atoms with Crippen molar-refractivity contribution in [1.82, 2.24) is 5.32 Å². The number of benzene rings is 3. The number of rotatable bonds is 11. The van der Waals surface area contributed by atoms with E-state index in [9.17, 15) is 9.59 Å². The highest BCUT2D eigenvalue weighted by molar-refractivity contribution is 5.88. The second-order valence-corrected chi connectivity index (χ2v) is 12.3. The van der Waals surface area contributed by atoms with Crippen molar-refractivity contribution in [3.8, 4) is 11.5 Å². The largest absolute Gasteiger partial charge is 0.485 e. The number of methoxy groups -OCH3 is 1. The van der Waals surface area contributed by atoms with E-state index in [2.05, 4.69) is 5.32 Å². The maximum Gasteiger partial charge on any atom is 0.328 e. The Kier molecular flexibility index (Phi) is 8.00. The number of carbonyl (C=O) groups is 2. The molecule has 4 saturated carbocycles. The number of hydrogen-bond acceptors (Lipinski definition) is 5. The van der Waals surface area contributed by atoms with E-state index in [-0.39, 0.29) is 11.3 Å². The Morgan fingerprint density at radius 2 is 1.29 bits per heavy atom. The predicted octanol–water partition coefficient (Wildman–Crippen LogP) is 6.26. The number of ether oxygens (including phenoxy) is 3. The molecule has 6 heteroatoms. The molecule has 0 aliphatic heterocycles. The van der Waals surface area contributed by atoms with Gasteiger partial charge in [-0.25, -0.2) is 4.79 Å². The molecule has 4 bridgehead atoms. The van der Waals surface area contributed by atoms with Gasteiger partial charge in [0.25, 0.3) is 0 Å². The topological polar surface area (TPSA) is 73.9 Å². The molecule has 6 nitrogen and oxygen atoms in total. The van der Waals surface area contributed by atoms with E-state index in [0.29, 0.717) is 48.9 Å². The average molecular weight is 554 g/mol. The summed E-state index contributed by atoms with van der Waals surface area (Å²) < 4.78 is 17.5. The first-order chi connectivity index (χ1) is 20.0. The Bertz CT molecular complexity index is 1320. The first-order valence-corrected chi connectivity index (χ1v) is 14.8. The molecule has 1 atom stereocenters. The second kappa shape index (κ2) is 12.0. The van der Waals surface area contributed by atoms with E-state index in [0.717, 1.165) is 36.0 Å². The molecule has 1 N–H and O–H groups in total. The van der Waals surface area contributed by atoms with Crippen LogP contribution in [0.2, 0.25) is 0 Å².